The van der Waals surface area contributed by atoms with Gasteiger partial charge in [-0.05, 0) is 25.0 Å². The molecule has 20 heavy (non-hydrogen) atoms. The van der Waals surface area contributed by atoms with Crippen LogP contribution in [0.2, 0.25) is 5.15 Å². The first kappa shape index (κ1) is 14.3. The van der Waals surface area contributed by atoms with Crippen molar-refractivity contribution in [2.75, 3.05) is 5.32 Å². The van der Waals surface area contributed by atoms with Crippen LogP contribution in [-0.2, 0) is 0 Å². The second kappa shape index (κ2) is 5.88. The molecule has 0 radical (unpaired) electrons. The van der Waals surface area contributed by atoms with Gasteiger partial charge in [0.05, 0.1) is 23.1 Å². The minimum atomic E-state index is -0.489. The van der Waals surface area contributed by atoms with Gasteiger partial charge in [0.2, 0.25) is 0 Å². The molecule has 2 rings (SSSR count). The number of benzene rings is 1. The Hall–Kier alpha value is -2.14. The molecule has 0 aliphatic heterocycles. The van der Waals surface area contributed by atoms with Crippen molar-refractivity contribution < 1.29 is 4.92 Å². The lowest BCUT2D eigenvalue weighted by atomic mass is 10.0. The maximum Gasteiger partial charge on any atom is 0.276 e. The summed E-state index contributed by atoms with van der Waals surface area (Å²) in [6.07, 6.45) is 0. The first-order valence-electron chi connectivity index (χ1n) is 6.11. The van der Waals surface area contributed by atoms with Crippen molar-refractivity contribution in [1.82, 2.24) is 4.98 Å². The first-order chi connectivity index (χ1) is 9.47. The van der Waals surface area contributed by atoms with Crippen LogP contribution in [0.25, 0.3) is 0 Å². The summed E-state index contributed by atoms with van der Waals surface area (Å²) in [6.45, 7) is 3.98. The first-order valence-corrected chi connectivity index (χ1v) is 6.49. The number of pyridine rings is 1. The minimum Gasteiger partial charge on any atom is -0.363 e. The fourth-order valence-electron chi connectivity index (χ4n) is 2.03. The number of nitro groups is 1. The molecule has 1 aromatic heterocycles. The highest BCUT2D eigenvalue weighted by Gasteiger charge is 2.13. The van der Waals surface area contributed by atoms with Crippen molar-refractivity contribution in [1.29, 1.82) is 0 Å². The molecule has 1 aromatic carbocycles. The molecular weight excluding hydrogens is 278 g/mol. The smallest absolute Gasteiger partial charge is 0.276 e. The summed E-state index contributed by atoms with van der Waals surface area (Å²) < 4.78 is 0. The molecule has 6 heteroatoms. The predicted molar refractivity (Wildman–Crippen MR) is 79.1 cm³/mol. The molecule has 0 bridgehead atoms. The molecule has 0 aliphatic carbocycles. The van der Waals surface area contributed by atoms with E-state index in [2.05, 4.69) is 10.3 Å². The summed E-state index contributed by atoms with van der Waals surface area (Å²) in [7, 11) is 0. The van der Waals surface area contributed by atoms with Crippen LogP contribution >= 0.6 is 11.6 Å². The van der Waals surface area contributed by atoms with E-state index in [1.54, 1.807) is 0 Å². The van der Waals surface area contributed by atoms with E-state index in [9.17, 15) is 10.1 Å². The van der Waals surface area contributed by atoms with Crippen LogP contribution < -0.4 is 5.32 Å². The Morgan fingerprint density at radius 2 is 2.05 bits per heavy atom. The number of nitrogens with one attached hydrogen (secondary N) is 1. The predicted octanol–water partition coefficient (Wildman–Crippen LogP) is 4.12. The number of rotatable bonds is 4. The van der Waals surface area contributed by atoms with Gasteiger partial charge < -0.3 is 5.32 Å². The fourth-order valence-corrected chi connectivity index (χ4v) is 2.24. The number of anilines is 1. The number of halogens is 1. The highest BCUT2D eigenvalue weighted by atomic mass is 35.5. The Labute approximate surface area is 121 Å². The molecule has 2 aromatic rings. The summed E-state index contributed by atoms with van der Waals surface area (Å²) in [5, 5.41) is 14.0. The van der Waals surface area contributed by atoms with E-state index in [1.165, 1.54) is 12.1 Å². The van der Waals surface area contributed by atoms with Gasteiger partial charge in [-0.2, -0.15) is 0 Å². The molecule has 0 amide bonds. The summed E-state index contributed by atoms with van der Waals surface area (Å²) >= 11 is 5.80. The van der Waals surface area contributed by atoms with Crippen molar-refractivity contribution in [3.63, 3.8) is 0 Å². The maximum absolute atomic E-state index is 10.8. The van der Waals surface area contributed by atoms with Gasteiger partial charge in [-0.15, -0.1) is 0 Å². The highest BCUT2D eigenvalue weighted by Crippen LogP contribution is 2.25. The molecule has 1 unspecified atom stereocenters. The third kappa shape index (κ3) is 3.24. The van der Waals surface area contributed by atoms with E-state index >= 15 is 0 Å². The summed E-state index contributed by atoms with van der Waals surface area (Å²) in [6, 6.07) is 10.5. The SMILES string of the molecule is Cc1ccccc1C(C)Nc1cc([N+](=O)[O-])cc(Cl)n1. The number of nitrogens with zero attached hydrogens (tertiary/aromatic N) is 2. The maximum atomic E-state index is 10.8. The molecule has 0 saturated heterocycles. The quantitative estimate of drug-likeness (QED) is 0.522. The fraction of sp³-hybridized carbons (Fsp3) is 0.214. The zero-order valence-corrected chi connectivity index (χ0v) is 11.9. The molecule has 0 aliphatic rings. The van der Waals surface area contributed by atoms with E-state index in [0.717, 1.165) is 11.1 Å². The van der Waals surface area contributed by atoms with E-state index < -0.39 is 4.92 Å². The van der Waals surface area contributed by atoms with E-state index in [-0.39, 0.29) is 16.9 Å². The average molecular weight is 292 g/mol. The van der Waals surface area contributed by atoms with Crippen LogP contribution in [0.4, 0.5) is 11.5 Å². The third-order valence-electron chi connectivity index (χ3n) is 3.01. The van der Waals surface area contributed by atoms with Gasteiger partial charge in [0.15, 0.2) is 0 Å². The van der Waals surface area contributed by atoms with Gasteiger partial charge in [0, 0.05) is 0 Å². The molecule has 5 nitrogen and oxygen atoms in total. The van der Waals surface area contributed by atoms with Crippen molar-refractivity contribution in [3.8, 4) is 0 Å². The molecule has 0 saturated carbocycles. The summed E-state index contributed by atoms with van der Waals surface area (Å²) in [4.78, 5) is 14.4. The number of hydrogen-bond acceptors (Lipinski definition) is 4. The second-order valence-electron chi connectivity index (χ2n) is 4.51. The zero-order chi connectivity index (χ0) is 14.7. The van der Waals surface area contributed by atoms with Gasteiger partial charge in [0.25, 0.3) is 5.69 Å². The van der Waals surface area contributed by atoms with Gasteiger partial charge in [-0.25, -0.2) is 4.98 Å². The Morgan fingerprint density at radius 3 is 2.70 bits per heavy atom. The van der Waals surface area contributed by atoms with Gasteiger partial charge in [-0.1, -0.05) is 35.9 Å². The third-order valence-corrected chi connectivity index (χ3v) is 3.20. The molecular formula is C14H14ClN3O2. The Balaban J connectivity index is 2.26. The monoisotopic (exact) mass is 291 g/mol. The van der Waals surface area contributed by atoms with Crippen molar-refractivity contribution in [2.45, 2.75) is 19.9 Å². The van der Waals surface area contributed by atoms with Gasteiger partial charge >= 0.3 is 0 Å². The van der Waals surface area contributed by atoms with Crippen LogP contribution in [0, 0.1) is 17.0 Å². The van der Waals surface area contributed by atoms with E-state index in [1.807, 2.05) is 38.1 Å². The molecule has 104 valence electrons. The Morgan fingerprint density at radius 1 is 1.35 bits per heavy atom. The Bertz CT molecular complexity index is 646. The Kier molecular flexibility index (Phi) is 4.20. The number of aryl methyl sites for hydroxylation is 1. The van der Waals surface area contributed by atoms with Crippen LogP contribution in [-0.4, -0.2) is 9.91 Å². The normalized spacial score (nSPS) is 11.9. The van der Waals surface area contributed by atoms with Crippen LogP contribution in [0.1, 0.15) is 24.1 Å². The molecule has 1 N–H and O–H groups in total. The average Bonchev–Trinajstić information content (AvgIpc) is 2.38. The number of hydrogen-bond donors (Lipinski definition) is 1. The van der Waals surface area contributed by atoms with E-state index in [0.29, 0.717) is 5.82 Å². The standard InChI is InChI=1S/C14H14ClN3O2/c1-9-5-3-4-6-12(9)10(2)16-14-8-11(18(19)20)7-13(15)17-14/h3-8,10H,1-2H3,(H,16,17). The minimum absolute atomic E-state index is 0.0261. The van der Waals surface area contributed by atoms with Crippen molar-refractivity contribution >= 4 is 23.1 Å². The molecule has 1 heterocycles. The summed E-state index contributed by atoms with van der Waals surface area (Å²) in [5.41, 5.74) is 2.17. The largest absolute Gasteiger partial charge is 0.363 e. The molecule has 0 spiro atoms. The van der Waals surface area contributed by atoms with Crippen LogP contribution in [0.15, 0.2) is 36.4 Å². The van der Waals surface area contributed by atoms with Crippen LogP contribution in [0.5, 0.6) is 0 Å². The molecule has 1 atom stereocenters. The van der Waals surface area contributed by atoms with Gasteiger partial charge in [0.1, 0.15) is 11.0 Å². The highest BCUT2D eigenvalue weighted by molar-refractivity contribution is 6.29. The topological polar surface area (TPSA) is 68.1 Å². The summed E-state index contributed by atoms with van der Waals surface area (Å²) in [5.74, 6) is 0.389. The van der Waals surface area contributed by atoms with Gasteiger partial charge in [-0.3, -0.25) is 10.1 Å². The molecule has 0 fully saturated rings. The lowest BCUT2D eigenvalue weighted by molar-refractivity contribution is -0.384. The second-order valence-corrected chi connectivity index (χ2v) is 4.90. The lowest BCUT2D eigenvalue weighted by Gasteiger charge is -2.17. The van der Waals surface area contributed by atoms with Crippen molar-refractivity contribution in [3.05, 3.63) is 62.8 Å². The lowest BCUT2D eigenvalue weighted by Crippen LogP contribution is -2.09. The van der Waals surface area contributed by atoms with Crippen molar-refractivity contribution in [2.24, 2.45) is 0 Å². The zero-order valence-electron chi connectivity index (χ0n) is 11.1. The van der Waals surface area contributed by atoms with Crippen LogP contribution in [0.3, 0.4) is 0 Å². The van der Waals surface area contributed by atoms with E-state index in [4.69, 9.17) is 11.6 Å². The number of aromatic nitrogens is 1.